The van der Waals surface area contributed by atoms with Crippen LogP contribution in [0.5, 0.6) is 5.75 Å². The Hall–Kier alpha value is -4.91. The zero-order chi connectivity index (χ0) is 31.7. The number of ether oxygens (including phenoxy) is 2. The first-order valence-electron chi connectivity index (χ1n) is 15.2. The Morgan fingerprint density at radius 2 is 1.54 bits per heavy atom. The van der Waals surface area contributed by atoms with Gasteiger partial charge in [0.15, 0.2) is 0 Å². The number of carbonyl (C=O) groups excluding carboxylic acids is 1. The number of carbonyl (C=O) groups is 1. The second-order valence-corrected chi connectivity index (χ2v) is 11.3. The lowest BCUT2D eigenvalue weighted by atomic mass is 10.1. The van der Waals surface area contributed by atoms with E-state index in [1.165, 1.54) is 17.8 Å². The molecule has 0 bridgehead atoms. The summed E-state index contributed by atoms with van der Waals surface area (Å²) in [6, 6.07) is 20.5. The molecule has 0 saturated carbocycles. The van der Waals surface area contributed by atoms with Gasteiger partial charge in [-0.2, -0.15) is 18.2 Å². The highest BCUT2D eigenvalue weighted by Gasteiger charge is 2.41. The van der Waals surface area contributed by atoms with E-state index in [0.717, 1.165) is 49.1 Å². The lowest BCUT2D eigenvalue weighted by molar-refractivity contribution is -0.189. The van der Waals surface area contributed by atoms with Crippen LogP contribution < -0.4 is 24.3 Å². The first-order valence-corrected chi connectivity index (χ1v) is 15.2. The molecule has 0 unspecified atom stereocenters. The van der Waals surface area contributed by atoms with Gasteiger partial charge in [0, 0.05) is 80.6 Å². The van der Waals surface area contributed by atoms with Crippen LogP contribution in [0.3, 0.4) is 0 Å². The summed E-state index contributed by atoms with van der Waals surface area (Å²) in [6.45, 7) is 6.37. The summed E-state index contributed by atoms with van der Waals surface area (Å²) < 4.78 is 48.9. The van der Waals surface area contributed by atoms with Crippen LogP contribution in [0, 0.1) is 0 Å². The van der Waals surface area contributed by atoms with Gasteiger partial charge in [-0.25, -0.2) is 14.8 Å². The summed E-state index contributed by atoms with van der Waals surface area (Å²) in [6.07, 6.45) is -2.67. The number of piperazine rings is 1. The second kappa shape index (κ2) is 12.5. The van der Waals surface area contributed by atoms with Crippen LogP contribution in [0.15, 0.2) is 72.9 Å². The number of fused-ring (bicyclic) bond motifs is 1. The van der Waals surface area contributed by atoms with E-state index in [9.17, 15) is 18.0 Å². The Kier molecular flexibility index (Phi) is 8.07. The first-order chi connectivity index (χ1) is 22.3. The van der Waals surface area contributed by atoms with E-state index in [1.54, 1.807) is 12.1 Å². The number of para-hydroxylation sites is 1. The number of alkyl halides is 3. The van der Waals surface area contributed by atoms with Crippen molar-refractivity contribution >= 4 is 34.9 Å². The van der Waals surface area contributed by atoms with Gasteiger partial charge in [-0.1, -0.05) is 30.3 Å². The summed E-state index contributed by atoms with van der Waals surface area (Å²) in [4.78, 5) is 35.0. The molecule has 7 rings (SSSR count). The number of hydrogen-bond donors (Lipinski definition) is 0. The molecular weight excluding hydrogens is 599 g/mol. The summed E-state index contributed by atoms with van der Waals surface area (Å²) in [7, 11) is 0. The number of pyridine rings is 1. The number of anilines is 5. The van der Waals surface area contributed by atoms with Gasteiger partial charge in [-0.3, -0.25) is 0 Å². The molecule has 0 aliphatic carbocycles. The molecule has 46 heavy (non-hydrogen) atoms. The van der Waals surface area contributed by atoms with E-state index in [-0.39, 0.29) is 5.75 Å². The van der Waals surface area contributed by atoms with Crippen molar-refractivity contribution in [3.63, 3.8) is 0 Å². The van der Waals surface area contributed by atoms with Crippen molar-refractivity contribution in [2.75, 3.05) is 78.6 Å². The van der Waals surface area contributed by atoms with Crippen LogP contribution in [0.2, 0.25) is 0 Å². The van der Waals surface area contributed by atoms with E-state index >= 15 is 0 Å². The molecule has 4 aromatic rings. The van der Waals surface area contributed by atoms with Crippen molar-refractivity contribution in [3.05, 3.63) is 78.5 Å². The number of nitrogens with zero attached hydrogens (tertiary/aromatic N) is 7. The number of rotatable bonds is 6. The van der Waals surface area contributed by atoms with Crippen LogP contribution in [0.4, 0.5) is 42.1 Å². The maximum absolute atomic E-state index is 12.9. The van der Waals surface area contributed by atoms with Gasteiger partial charge < -0.3 is 29.1 Å². The van der Waals surface area contributed by atoms with Crippen molar-refractivity contribution in [1.29, 1.82) is 0 Å². The zero-order valence-electron chi connectivity index (χ0n) is 25.0. The number of hydrogen-bond acceptors (Lipinski definition) is 10. The fourth-order valence-electron chi connectivity index (χ4n) is 6.09. The average Bonchev–Trinajstić information content (AvgIpc) is 3.53. The number of morpholine rings is 1. The van der Waals surface area contributed by atoms with Gasteiger partial charge in [0.05, 0.1) is 18.9 Å². The largest absolute Gasteiger partial charge is 0.491 e. The summed E-state index contributed by atoms with van der Waals surface area (Å²) in [5, 5.41) is 0. The quantitative estimate of drug-likeness (QED) is 0.217. The number of aromatic nitrogens is 3. The lowest BCUT2D eigenvalue weighted by Crippen LogP contribution is -2.46. The molecule has 5 heterocycles. The maximum atomic E-state index is 12.9. The zero-order valence-corrected chi connectivity index (χ0v) is 25.0. The molecule has 238 valence electrons. The Balaban J connectivity index is 1.19. The monoisotopic (exact) mass is 631 g/mol. The summed E-state index contributed by atoms with van der Waals surface area (Å²) >= 11 is 0. The molecule has 0 N–H and O–H groups in total. The maximum Gasteiger partial charge on any atom is 0.491 e. The van der Waals surface area contributed by atoms with Gasteiger partial charge in [-0.15, -0.1) is 0 Å². The van der Waals surface area contributed by atoms with Crippen LogP contribution in [0.1, 0.15) is 5.56 Å². The van der Waals surface area contributed by atoms with Gasteiger partial charge in [-0.05, 0) is 36.8 Å². The molecule has 0 spiro atoms. The van der Waals surface area contributed by atoms with Crippen molar-refractivity contribution in [2.45, 2.75) is 12.6 Å². The number of halogens is 3. The summed E-state index contributed by atoms with van der Waals surface area (Å²) in [5.41, 5.74) is 4.15. The molecule has 3 aliphatic heterocycles. The molecule has 2 aromatic carbocycles. The predicted octanol–water partition coefficient (Wildman–Crippen LogP) is 4.86. The summed E-state index contributed by atoms with van der Waals surface area (Å²) in [5.74, 6) is -0.350. The van der Waals surface area contributed by atoms with Crippen molar-refractivity contribution in [1.82, 2.24) is 15.0 Å². The Labute approximate surface area is 264 Å². The standard InChI is InChI=1S/C33H32F3N7O3/c34-33(35,36)31(44)46-26-8-4-5-23(21-26)29-27-10-12-43(30(27)39-32(38-29)42-17-19-45-20-18-42)25-9-11-37-28(22-25)41-15-13-40(14-16-41)24-6-2-1-3-7-24/h1-9,11,21-22H,10,12-20H2. The van der Waals surface area contributed by atoms with E-state index in [0.29, 0.717) is 56.5 Å². The molecule has 3 aliphatic rings. The third-order valence-corrected chi connectivity index (χ3v) is 8.42. The molecule has 2 aromatic heterocycles. The lowest BCUT2D eigenvalue weighted by Gasteiger charge is -2.37. The minimum atomic E-state index is -5.10. The normalized spacial score (nSPS) is 16.8. The fraction of sp³-hybridized carbons (Fsp3) is 0.333. The minimum Gasteiger partial charge on any atom is -0.420 e. The van der Waals surface area contributed by atoms with E-state index < -0.39 is 12.1 Å². The highest BCUT2D eigenvalue weighted by molar-refractivity contribution is 5.80. The molecule has 0 radical (unpaired) electrons. The van der Waals surface area contributed by atoms with E-state index in [4.69, 9.17) is 19.7 Å². The molecule has 0 atom stereocenters. The average molecular weight is 632 g/mol. The molecule has 2 fully saturated rings. The van der Waals surface area contributed by atoms with Gasteiger partial charge in [0.1, 0.15) is 17.4 Å². The second-order valence-electron chi connectivity index (χ2n) is 11.3. The van der Waals surface area contributed by atoms with Crippen LogP contribution in [0.25, 0.3) is 11.3 Å². The molecule has 10 nitrogen and oxygen atoms in total. The Morgan fingerprint density at radius 1 is 0.783 bits per heavy atom. The number of benzene rings is 2. The van der Waals surface area contributed by atoms with E-state index in [2.05, 4.69) is 49.8 Å². The van der Waals surface area contributed by atoms with Crippen molar-refractivity contribution in [2.24, 2.45) is 0 Å². The smallest absolute Gasteiger partial charge is 0.420 e. The third kappa shape index (κ3) is 6.14. The molecule has 13 heteroatoms. The topological polar surface area (TPSA) is 87.2 Å². The van der Waals surface area contributed by atoms with Crippen LogP contribution >= 0.6 is 0 Å². The first kappa shape index (κ1) is 29.8. The van der Waals surface area contributed by atoms with Crippen molar-refractivity contribution < 1.29 is 27.4 Å². The Bertz CT molecular complexity index is 1710. The van der Waals surface area contributed by atoms with Gasteiger partial charge in [0.2, 0.25) is 5.95 Å². The van der Waals surface area contributed by atoms with E-state index in [1.807, 2.05) is 23.2 Å². The highest BCUT2D eigenvalue weighted by atomic mass is 19.4. The highest BCUT2D eigenvalue weighted by Crippen LogP contribution is 2.40. The SMILES string of the molecule is O=C(Oc1cccc(-c2nc(N3CCOCC3)nc3c2CCN3c2ccnc(N3CCN(c4ccccc4)CC3)c2)c1)C(F)(F)F. The molecule has 0 amide bonds. The van der Waals surface area contributed by atoms with Gasteiger partial charge in [0.25, 0.3) is 0 Å². The fourth-order valence-corrected chi connectivity index (χ4v) is 6.09. The van der Waals surface area contributed by atoms with Crippen molar-refractivity contribution in [3.8, 4) is 17.0 Å². The predicted molar refractivity (Wildman–Crippen MR) is 168 cm³/mol. The molecular formula is C33H32F3N7O3. The Morgan fingerprint density at radius 3 is 2.30 bits per heavy atom. The minimum absolute atomic E-state index is 0.207. The van der Waals surface area contributed by atoms with Gasteiger partial charge >= 0.3 is 12.1 Å². The third-order valence-electron chi connectivity index (χ3n) is 8.42. The van der Waals surface area contributed by atoms with Crippen LogP contribution in [-0.2, 0) is 16.0 Å². The number of esters is 1. The van der Waals surface area contributed by atoms with Crippen LogP contribution in [-0.4, -0.2) is 86.1 Å². The molecule has 2 saturated heterocycles.